The molecule has 8 heteroatoms. The maximum atomic E-state index is 12.2. The van der Waals surface area contributed by atoms with Crippen LogP contribution in [0.5, 0.6) is 0 Å². The van der Waals surface area contributed by atoms with Gasteiger partial charge in [-0.2, -0.15) is 0 Å². The predicted octanol–water partition coefficient (Wildman–Crippen LogP) is 0.867. The monoisotopic (exact) mass is 400 g/mol. The van der Waals surface area contributed by atoms with Crippen LogP contribution in [0.4, 0.5) is 10.5 Å². The molecule has 1 saturated heterocycles. The van der Waals surface area contributed by atoms with Crippen molar-refractivity contribution in [1.82, 2.24) is 15.2 Å². The fourth-order valence-electron chi connectivity index (χ4n) is 3.57. The lowest BCUT2D eigenvalue weighted by molar-refractivity contribution is -0.0205. The first-order valence-electron chi connectivity index (χ1n) is 9.73. The van der Waals surface area contributed by atoms with Crippen molar-refractivity contribution in [2.24, 2.45) is 0 Å². The van der Waals surface area contributed by atoms with E-state index in [2.05, 4.69) is 15.6 Å². The summed E-state index contributed by atoms with van der Waals surface area (Å²) < 4.78 is 5.81. The molecule has 29 heavy (non-hydrogen) atoms. The number of amides is 2. The van der Waals surface area contributed by atoms with E-state index in [1.807, 2.05) is 48.3 Å². The highest BCUT2D eigenvalue weighted by Gasteiger charge is 2.45. The van der Waals surface area contributed by atoms with Crippen molar-refractivity contribution < 1.29 is 19.7 Å². The third-order valence-corrected chi connectivity index (χ3v) is 5.09. The number of benzene rings is 1. The molecule has 1 fully saturated rings. The van der Waals surface area contributed by atoms with Crippen molar-refractivity contribution >= 4 is 11.7 Å². The fraction of sp³-hybridized carbons (Fsp3) is 0.429. The van der Waals surface area contributed by atoms with Crippen molar-refractivity contribution in [1.29, 1.82) is 0 Å². The molecule has 0 spiro atoms. The molecule has 4 N–H and O–H groups in total. The third kappa shape index (κ3) is 5.74. The van der Waals surface area contributed by atoms with Crippen LogP contribution >= 0.6 is 0 Å². The Hall–Kier alpha value is -2.52. The molecule has 8 nitrogen and oxygen atoms in total. The van der Waals surface area contributed by atoms with Gasteiger partial charge in [0.05, 0.1) is 18.8 Å². The van der Waals surface area contributed by atoms with Gasteiger partial charge < -0.3 is 25.6 Å². The molecule has 4 unspecified atom stereocenters. The summed E-state index contributed by atoms with van der Waals surface area (Å²) in [6.07, 6.45) is 0.498. The number of likely N-dealkylation sites (N-methyl/N-ethyl adjacent to an activating group) is 1. The van der Waals surface area contributed by atoms with Gasteiger partial charge >= 0.3 is 6.03 Å². The lowest BCUT2D eigenvalue weighted by Gasteiger charge is -2.30. The molecule has 156 valence electrons. The number of aliphatic hydroxyl groups is 2. The first kappa shape index (κ1) is 21.2. The summed E-state index contributed by atoms with van der Waals surface area (Å²) in [5, 5.41) is 25.7. The summed E-state index contributed by atoms with van der Waals surface area (Å²) in [6, 6.07) is 14.2. The van der Waals surface area contributed by atoms with E-state index in [1.165, 1.54) is 0 Å². The van der Waals surface area contributed by atoms with Crippen LogP contribution in [0.2, 0.25) is 0 Å². The zero-order valence-corrected chi connectivity index (χ0v) is 16.4. The largest absolute Gasteiger partial charge is 0.394 e. The molecule has 3 rings (SSSR count). The smallest absolute Gasteiger partial charge is 0.319 e. The summed E-state index contributed by atoms with van der Waals surface area (Å²) in [4.78, 5) is 18.5. The van der Waals surface area contributed by atoms with Gasteiger partial charge in [0.2, 0.25) is 0 Å². The minimum absolute atomic E-state index is 0.213. The van der Waals surface area contributed by atoms with Gasteiger partial charge in [-0.25, -0.2) is 4.79 Å². The fourth-order valence-corrected chi connectivity index (χ4v) is 3.57. The van der Waals surface area contributed by atoms with Gasteiger partial charge in [-0.15, -0.1) is 0 Å². The highest BCUT2D eigenvalue weighted by molar-refractivity contribution is 5.89. The molecule has 1 aliphatic heterocycles. The number of rotatable bonds is 8. The zero-order chi connectivity index (χ0) is 20.6. The van der Waals surface area contributed by atoms with Crippen molar-refractivity contribution in [2.75, 3.05) is 32.1 Å². The number of hydrogen-bond donors (Lipinski definition) is 4. The first-order valence-corrected chi connectivity index (χ1v) is 9.73. The molecule has 1 aliphatic rings. The van der Waals surface area contributed by atoms with Gasteiger partial charge in [0.15, 0.2) is 0 Å². The minimum atomic E-state index is -0.849. The summed E-state index contributed by atoms with van der Waals surface area (Å²) in [7, 11) is 1.90. The molecule has 0 aliphatic carbocycles. The molecule has 2 aromatic rings. The Morgan fingerprint density at radius 3 is 2.62 bits per heavy atom. The average Bonchev–Trinajstić information content (AvgIpc) is 3.07. The van der Waals surface area contributed by atoms with Crippen LogP contribution in [0.15, 0.2) is 54.7 Å². The Balaban J connectivity index is 1.57. The Morgan fingerprint density at radius 2 is 1.93 bits per heavy atom. The van der Waals surface area contributed by atoms with Gasteiger partial charge in [0, 0.05) is 37.1 Å². The topological polar surface area (TPSA) is 107 Å². The van der Waals surface area contributed by atoms with Crippen molar-refractivity contribution in [2.45, 2.75) is 30.8 Å². The zero-order valence-electron chi connectivity index (χ0n) is 16.4. The van der Waals surface area contributed by atoms with Crippen LogP contribution in [0.25, 0.3) is 0 Å². The number of nitrogens with one attached hydrogen (secondary N) is 2. The van der Waals surface area contributed by atoms with E-state index >= 15 is 0 Å². The number of para-hydroxylation sites is 1. The molecular formula is C21H28N4O4. The normalized spacial score (nSPS) is 23.9. The number of urea groups is 1. The lowest BCUT2D eigenvalue weighted by Crippen LogP contribution is -2.50. The van der Waals surface area contributed by atoms with E-state index in [1.54, 1.807) is 18.3 Å². The van der Waals surface area contributed by atoms with Gasteiger partial charge in [-0.05, 0) is 31.3 Å². The Kier molecular flexibility index (Phi) is 7.54. The van der Waals surface area contributed by atoms with E-state index < -0.39 is 18.3 Å². The number of nitrogens with zero attached hydrogens (tertiary/aromatic N) is 2. The maximum absolute atomic E-state index is 12.2. The Morgan fingerprint density at radius 1 is 1.17 bits per heavy atom. The van der Waals surface area contributed by atoms with Crippen LogP contribution < -0.4 is 10.6 Å². The van der Waals surface area contributed by atoms with Crippen molar-refractivity contribution in [3.63, 3.8) is 0 Å². The number of anilines is 1. The highest BCUT2D eigenvalue weighted by atomic mass is 16.5. The summed E-state index contributed by atoms with van der Waals surface area (Å²) in [6.45, 7) is 0.593. The molecule has 0 radical (unpaired) electrons. The van der Waals surface area contributed by atoms with Crippen LogP contribution in [0.3, 0.4) is 0 Å². The quantitative estimate of drug-likeness (QED) is 0.524. The number of carbonyl (C=O) groups is 1. The summed E-state index contributed by atoms with van der Waals surface area (Å²) >= 11 is 0. The molecule has 2 heterocycles. The average molecular weight is 400 g/mol. The van der Waals surface area contributed by atoms with Gasteiger partial charge in [-0.3, -0.25) is 9.88 Å². The molecular weight excluding hydrogens is 372 g/mol. The summed E-state index contributed by atoms with van der Waals surface area (Å²) in [5.41, 5.74) is 1.65. The number of pyridine rings is 1. The van der Waals surface area contributed by atoms with Crippen molar-refractivity contribution in [3.8, 4) is 0 Å². The van der Waals surface area contributed by atoms with E-state index in [0.29, 0.717) is 12.2 Å². The number of ether oxygens (including phenoxy) is 1. The Labute approximate surface area is 170 Å². The predicted molar refractivity (Wildman–Crippen MR) is 110 cm³/mol. The van der Waals surface area contributed by atoms with E-state index in [0.717, 1.165) is 12.1 Å². The lowest BCUT2D eigenvalue weighted by atomic mass is 10.0. The van der Waals surface area contributed by atoms with Crippen LogP contribution in [-0.4, -0.2) is 77.2 Å². The second-order valence-electron chi connectivity index (χ2n) is 7.13. The standard InChI is InChI=1S/C21H28N4O4/c1-25(12-10-15-7-5-6-11-22-15)19-17(29-18(14-26)20(19)27)13-23-21(28)24-16-8-3-2-4-9-16/h2-9,11,17-20,26-27H,10,12-14H2,1H3,(H2,23,24,28). The molecule has 2 amide bonds. The molecule has 1 aromatic carbocycles. The van der Waals surface area contributed by atoms with Gasteiger partial charge in [0.25, 0.3) is 0 Å². The molecule has 4 atom stereocenters. The third-order valence-electron chi connectivity index (χ3n) is 5.09. The second-order valence-corrected chi connectivity index (χ2v) is 7.13. The van der Waals surface area contributed by atoms with Crippen LogP contribution in [-0.2, 0) is 11.2 Å². The molecule has 0 saturated carbocycles. The van der Waals surface area contributed by atoms with Gasteiger partial charge in [-0.1, -0.05) is 24.3 Å². The van der Waals surface area contributed by atoms with E-state index in [9.17, 15) is 15.0 Å². The maximum Gasteiger partial charge on any atom is 0.319 e. The van der Waals surface area contributed by atoms with Crippen LogP contribution in [0.1, 0.15) is 5.69 Å². The number of carbonyl (C=O) groups excluding carboxylic acids is 1. The van der Waals surface area contributed by atoms with Crippen LogP contribution in [0, 0.1) is 0 Å². The second kappa shape index (κ2) is 10.3. The number of aliphatic hydroxyl groups excluding tert-OH is 2. The SMILES string of the molecule is CN(CCc1ccccn1)C1C(CNC(=O)Nc2ccccc2)OC(CO)C1O. The minimum Gasteiger partial charge on any atom is -0.394 e. The highest BCUT2D eigenvalue weighted by Crippen LogP contribution is 2.25. The summed E-state index contributed by atoms with van der Waals surface area (Å²) in [5.74, 6) is 0. The van der Waals surface area contributed by atoms with E-state index in [4.69, 9.17) is 4.74 Å². The molecule has 0 bridgehead atoms. The number of aromatic nitrogens is 1. The number of hydrogen-bond acceptors (Lipinski definition) is 6. The van der Waals surface area contributed by atoms with Gasteiger partial charge in [0.1, 0.15) is 12.2 Å². The van der Waals surface area contributed by atoms with E-state index in [-0.39, 0.29) is 25.2 Å². The first-order chi connectivity index (χ1) is 14.1. The Bertz CT molecular complexity index is 762. The van der Waals surface area contributed by atoms with Crippen molar-refractivity contribution in [3.05, 3.63) is 60.4 Å². The molecule has 1 aromatic heterocycles.